The van der Waals surface area contributed by atoms with Gasteiger partial charge in [-0.3, -0.25) is 0 Å². The molecule has 0 spiro atoms. The lowest BCUT2D eigenvalue weighted by molar-refractivity contribution is 0.216. The molecule has 1 fully saturated rings. The molecule has 0 bridgehead atoms. The van der Waals surface area contributed by atoms with Gasteiger partial charge in [-0.1, -0.05) is 26.0 Å². The van der Waals surface area contributed by atoms with E-state index in [0.717, 1.165) is 35.7 Å². The van der Waals surface area contributed by atoms with Crippen LogP contribution in [0.3, 0.4) is 0 Å². The smallest absolute Gasteiger partial charge is 0.173 e. The summed E-state index contributed by atoms with van der Waals surface area (Å²) in [5, 5.41) is 4.21. The van der Waals surface area contributed by atoms with Gasteiger partial charge in [-0.05, 0) is 55.1 Å². The lowest BCUT2D eigenvalue weighted by Gasteiger charge is -2.36. The highest BCUT2D eigenvalue weighted by Crippen LogP contribution is 2.22. The quantitative estimate of drug-likeness (QED) is 0.777. The van der Waals surface area contributed by atoms with Gasteiger partial charge in [0.25, 0.3) is 0 Å². The van der Waals surface area contributed by atoms with Crippen molar-refractivity contribution < 1.29 is 0 Å². The van der Waals surface area contributed by atoms with Gasteiger partial charge in [-0.25, -0.2) is 0 Å². The Morgan fingerprint density at radius 1 is 1.28 bits per heavy atom. The second kappa shape index (κ2) is 5.70. The first-order valence-corrected chi connectivity index (χ1v) is 7.08. The van der Waals surface area contributed by atoms with Crippen molar-refractivity contribution in [2.24, 2.45) is 11.8 Å². The van der Waals surface area contributed by atoms with Crippen LogP contribution >= 0.6 is 12.2 Å². The number of likely N-dealkylation sites (tertiary alicyclic amines) is 1. The van der Waals surface area contributed by atoms with Gasteiger partial charge >= 0.3 is 0 Å². The topological polar surface area (TPSA) is 15.3 Å². The molecule has 0 amide bonds. The SMILES string of the molecule is Cc1cccc(NC(=S)N2CC(C)CC(C)C2)c1. The molecule has 1 aromatic carbocycles. The van der Waals surface area contributed by atoms with Crippen molar-refractivity contribution in [1.29, 1.82) is 0 Å². The third-order valence-electron chi connectivity index (χ3n) is 3.43. The fraction of sp³-hybridized carbons (Fsp3) is 0.533. The molecule has 1 N–H and O–H groups in total. The summed E-state index contributed by atoms with van der Waals surface area (Å²) >= 11 is 5.52. The van der Waals surface area contributed by atoms with E-state index < -0.39 is 0 Å². The molecule has 2 nitrogen and oxygen atoms in total. The first-order valence-electron chi connectivity index (χ1n) is 6.67. The molecule has 3 heteroatoms. The Morgan fingerprint density at radius 2 is 1.94 bits per heavy atom. The summed E-state index contributed by atoms with van der Waals surface area (Å²) in [6, 6.07) is 8.35. The standard InChI is InChI=1S/C15H22N2S/c1-11-5-4-6-14(8-11)16-15(18)17-9-12(2)7-13(3)10-17/h4-6,8,12-13H,7,9-10H2,1-3H3,(H,16,18). The molecule has 1 saturated heterocycles. The minimum absolute atomic E-state index is 0.728. The van der Waals surface area contributed by atoms with Crippen LogP contribution in [0.15, 0.2) is 24.3 Å². The first-order chi connectivity index (χ1) is 8.54. The van der Waals surface area contributed by atoms with E-state index in [9.17, 15) is 0 Å². The molecule has 2 unspecified atom stereocenters. The van der Waals surface area contributed by atoms with E-state index in [-0.39, 0.29) is 0 Å². The average molecular weight is 262 g/mol. The summed E-state index contributed by atoms with van der Waals surface area (Å²) in [6.45, 7) is 8.85. The first kappa shape index (κ1) is 13.3. The van der Waals surface area contributed by atoms with Crippen molar-refractivity contribution in [3.63, 3.8) is 0 Å². The number of hydrogen-bond acceptors (Lipinski definition) is 1. The summed E-state index contributed by atoms with van der Waals surface area (Å²) in [6.07, 6.45) is 1.31. The average Bonchev–Trinajstić information content (AvgIpc) is 2.27. The van der Waals surface area contributed by atoms with Crippen molar-refractivity contribution >= 4 is 23.0 Å². The second-order valence-electron chi connectivity index (χ2n) is 5.65. The molecular formula is C15H22N2S. The second-order valence-corrected chi connectivity index (χ2v) is 6.04. The van der Waals surface area contributed by atoms with Crippen LogP contribution in [0.4, 0.5) is 5.69 Å². The number of anilines is 1. The predicted molar refractivity (Wildman–Crippen MR) is 81.9 cm³/mol. The Bertz CT molecular complexity index is 420. The van der Waals surface area contributed by atoms with E-state index in [1.807, 2.05) is 0 Å². The summed E-state index contributed by atoms with van der Waals surface area (Å²) in [4.78, 5) is 2.30. The Morgan fingerprint density at radius 3 is 2.56 bits per heavy atom. The lowest BCUT2D eigenvalue weighted by Crippen LogP contribution is -2.44. The van der Waals surface area contributed by atoms with Gasteiger partial charge in [-0.15, -0.1) is 0 Å². The minimum Gasteiger partial charge on any atom is -0.348 e. The number of hydrogen-bond donors (Lipinski definition) is 1. The Labute approximate surface area is 115 Å². The molecule has 2 rings (SSSR count). The molecule has 1 aliphatic rings. The molecule has 2 atom stereocenters. The molecule has 0 aromatic heterocycles. The van der Waals surface area contributed by atoms with Crippen LogP contribution in [0.25, 0.3) is 0 Å². The maximum Gasteiger partial charge on any atom is 0.173 e. The zero-order valence-electron chi connectivity index (χ0n) is 11.4. The normalized spacial score (nSPS) is 23.8. The van der Waals surface area contributed by atoms with Crippen molar-refractivity contribution in [2.75, 3.05) is 18.4 Å². The van der Waals surface area contributed by atoms with Crippen molar-refractivity contribution in [3.8, 4) is 0 Å². The van der Waals surface area contributed by atoms with Crippen molar-refractivity contribution in [2.45, 2.75) is 27.2 Å². The number of thiocarbonyl (C=S) groups is 1. The van der Waals surface area contributed by atoms with Crippen molar-refractivity contribution in [3.05, 3.63) is 29.8 Å². The molecule has 0 radical (unpaired) electrons. The monoisotopic (exact) mass is 262 g/mol. The summed E-state index contributed by atoms with van der Waals surface area (Å²) < 4.78 is 0. The van der Waals surface area contributed by atoms with Gasteiger partial charge in [-0.2, -0.15) is 0 Å². The minimum atomic E-state index is 0.728. The van der Waals surface area contributed by atoms with E-state index in [2.05, 4.69) is 55.3 Å². The number of aryl methyl sites for hydroxylation is 1. The number of rotatable bonds is 1. The van der Waals surface area contributed by atoms with Crippen LogP contribution in [-0.2, 0) is 0 Å². The Kier molecular flexibility index (Phi) is 4.23. The summed E-state index contributed by atoms with van der Waals surface area (Å²) in [5.41, 5.74) is 2.34. The van der Waals surface area contributed by atoms with Crippen LogP contribution in [0.1, 0.15) is 25.8 Å². The van der Waals surface area contributed by atoms with Gasteiger partial charge in [0.15, 0.2) is 5.11 Å². The third-order valence-corrected chi connectivity index (χ3v) is 3.79. The van der Waals surface area contributed by atoms with E-state index in [1.165, 1.54) is 12.0 Å². The van der Waals surface area contributed by atoms with Crippen LogP contribution in [0.5, 0.6) is 0 Å². The molecular weight excluding hydrogens is 240 g/mol. The Balaban J connectivity index is 1.99. The number of nitrogens with one attached hydrogen (secondary N) is 1. The van der Waals surface area contributed by atoms with Crippen LogP contribution in [0.2, 0.25) is 0 Å². The zero-order chi connectivity index (χ0) is 13.1. The van der Waals surface area contributed by atoms with Crippen molar-refractivity contribution in [1.82, 2.24) is 4.90 Å². The Hall–Kier alpha value is -1.09. The maximum absolute atomic E-state index is 5.52. The van der Waals surface area contributed by atoms with Gasteiger partial charge in [0.1, 0.15) is 0 Å². The number of nitrogens with zero attached hydrogens (tertiary/aromatic N) is 1. The largest absolute Gasteiger partial charge is 0.348 e. The predicted octanol–water partition coefficient (Wildman–Crippen LogP) is 3.67. The van der Waals surface area contributed by atoms with Gasteiger partial charge < -0.3 is 10.2 Å². The van der Waals surface area contributed by atoms with E-state index in [0.29, 0.717) is 0 Å². The summed E-state index contributed by atoms with van der Waals surface area (Å²) in [7, 11) is 0. The molecule has 98 valence electrons. The fourth-order valence-corrected chi connectivity index (χ4v) is 3.02. The molecule has 1 aromatic rings. The lowest BCUT2D eigenvalue weighted by atomic mass is 9.92. The van der Waals surface area contributed by atoms with E-state index >= 15 is 0 Å². The fourth-order valence-electron chi connectivity index (χ4n) is 2.75. The molecule has 0 saturated carbocycles. The highest BCUT2D eigenvalue weighted by molar-refractivity contribution is 7.80. The number of benzene rings is 1. The molecule has 18 heavy (non-hydrogen) atoms. The molecule has 0 aliphatic carbocycles. The number of piperidine rings is 1. The van der Waals surface area contributed by atoms with E-state index in [1.54, 1.807) is 0 Å². The highest BCUT2D eigenvalue weighted by Gasteiger charge is 2.23. The third kappa shape index (κ3) is 3.45. The van der Waals surface area contributed by atoms with Crippen LogP contribution in [-0.4, -0.2) is 23.1 Å². The maximum atomic E-state index is 5.52. The van der Waals surface area contributed by atoms with Gasteiger partial charge in [0.05, 0.1) is 0 Å². The van der Waals surface area contributed by atoms with Gasteiger partial charge in [0, 0.05) is 18.8 Å². The highest BCUT2D eigenvalue weighted by atomic mass is 32.1. The van der Waals surface area contributed by atoms with Gasteiger partial charge in [0.2, 0.25) is 0 Å². The molecule has 1 aliphatic heterocycles. The van der Waals surface area contributed by atoms with E-state index in [4.69, 9.17) is 12.2 Å². The summed E-state index contributed by atoms with van der Waals surface area (Å²) in [5.74, 6) is 1.46. The molecule has 1 heterocycles. The van der Waals surface area contributed by atoms with Crippen LogP contribution in [0, 0.1) is 18.8 Å². The zero-order valence-corrected chi connectivity index (χ0v) is 12.3. The van der Waals surface area contributed by atoms with Crippen LogP contribution < -0.4 is 5.32 Å².